The first-order valence-electron chi connectivity index (χ1n) is 4.39. The predicted octanol–water partition coefficient (Wildman–Crippen LogP) is 1.42. The van der Waals surface area contributed by atoms with E-state index in [4.69, 9.17) is 17.3 Å². The van der Waals surface area contributed by atoms with E-state index in [1.807, 2.05) is 6.92 Å². The van der Waals surface area contributed by atoms with Gasteiger partial charge in [0.15, 0.2) is 0 Å². The Hall–Kier alpha value is -1.06. The van der Waals surface area contributed by atoms with Gasteiger partial charge in [-0.2, -0.15) is 0 Å². The fourth-order valence-corrected chi connectivity index (χ4v) is 1.18. The van der Waals surface area contributed by atoms with Crippen LogP contribution in [0.3, 0.4) is 0 Å². The minimum absolute atomic E-state index is 0.0434. The molecule has 0 aliphatic rings. The lowest BCUT2D eigenvalue weighted by atomic mass is 10.2. The molecule has 0 radical (unpaired) electrons. The highest BCUT2D eigenvalue weighted by atomic mass is 35.5. The Labute approximate surface area is 88.2 Å². The van der Waals surface area contributed by atoms with Crippen LogP contribution in [0, 0.1) is 0 Å². The molecular weight excluding hydrogens is 200 g/mol. The molecule has 0 fully saturated rings. The van der Waals surface area contributed by atoms with Gasteiger partial charge in [0.25, 0.3) is 5.91 Å². The van der Waals surface area contributed by atoms with Gasteiger partial charge in [0.2, 0.25) is 0 Å². The zero-order chi connectivity index (χ0) is 10.6. The number of benzene rings is 1. The number of nitrogens with two attached hydrogens (primary N) is 1. The summed E-state index contributed by atoms with van der Waals surface area (Å²) in [5.74, 6) is -0.148. The summed E-state index contributed by atoms with van der Waals surface area (Å²) in [6.07, 6.45) is 0. The molecule has 0 aromatic heterocycles. The third-order valence-corrected chi connectivity index (χ3v) is 1.91. The first-order valence-corrected chi connectivity index (χ1v) is 4.76. The molecular formula is C10H13ClN2O. The first-order chi connectivity index (χ1) is 6.59. The second-order valence-electron chi connectivity index (χ2n) is 3.20. The third kappa shape index (κ3) is 3.36. The molecule has 0 saturated carbocycles. The standard InChI is InChI=1S/C10H13ClN2O/c1-7(12)6-13-10(14)8-3-2-4-9(11)5-8/h2-5,7H,6,12H2,1H3,(H,13,14). The molecule has 1 rings (SSSR count). The molecule has 1 amide bonds. The number of nitrogens with one attached hydrogen (secondary N) is 1. The van der Waals surface area contributed by atoms with E-state index in [1.165, 1.54) is 0 Å². The van der Waals surface area contributed by atoms with E-state index in [0.29, 0.717) is 17.1 Å². The fourth-order valence-electron chi connectivity index (χ4n) is 0.985. The SMILES string of the molecule is CC(N)CNC(=O)c1cccc(Cl)c1. The van der Waals surface area contributed by atoms with Gasteiger partial charge in [-0.25, -0.2) is 0 Å². The van der Waals surface area contributed by atoms with Crippen molar-refractivity contribution in [1.82, 2.24) is 5.32 Å². The average Bonchev–Trinajstić information content (AvgIpc) is 2.14. The van der Waals surface area contributed by atoms with Crippen molar-refractivity contribution in [3.8, 4) is 0 Å². The topological polar surface area (TPSA) is 55.1 Å². The Bertz CT molecular complexity index is 326. The Balaban J connectivity index is 2.61. The van der Waals surface area contributed by atoms with Crippen LogP contribution in [-0.2, 0) is 0 Å². The van der Waals surface area contributed by atoms with Crippen molar-refractivity contribution in [3.63, 3.8) is 0 Å². The molecule has 0 saturated heterocycles. The zero-order valence-corrected chi connectivity index (χ0v) is 8.71. The van der Waals surface area contributed by atoms with Crippen molar-refractivity contribution in [3.05, 3.63) is 34.9 Å². The molecule has 0 heterocycles. The van der Waals surface area contributed by atoms with E-state index in [1.54, 1.807) is 24.3 Å². The van der Waals surface area contributed by atoms with E-state index in [2.05, 4.69) is 5.32 Å². The second-order valence-corrected chi connectivity index (χ2v) is 3.63. The lowest BCUT2D eigenvalue weighted by Crippen LogP contribution is -2.35. The van der Waals surface area contributed by atoms with E-state index in [-0.39, 0.29) is 11.9 Å². The molecule has 1 aromatic carbocycles. The lowest BCUT2D eigenvalue weighted by molar-refractivity contribution is 0.0951. The molecule has 1 aromatic rings. The minimum Gasteiger partial charge on any atom is -0.350 e. The van der Waals surface area contributed by atoms with Gasteiger partial charge in [0, 0.05) is 23.2 Å². The summed E-state index contributed by atoms with van der Waals surface area (Å²) in [6.45, 7) is 2.30. The minimum atomic E-state index is -0.148. The maximum absolute atomic E-state index is 11.5. The van der Waals surface area contributed by atoms with Crippen LogP contribution in [0.25, 0.3) is 0 Å². The number of halogens is 1. The van der Waals surface area contributed by atoms with Crippen molar-refractivity contribution < 1.29 is 4.79 Å². The summed E-state index contributed by atoms with van der Waals surface area (Å²) in [7, 11) is 0. The molecule has 1 atom stereocenters. The normalized spacial score (nSPS) is 12.2. The molecule has 1 unspecified atom stereocenters. The van der Waals surface area contributed by atoms with Gasteiger partial charge >= 0.3 is 0 Å². The van der Waals surface area contributed by atoms with Gasteiger partial charge in [-0.3, -0.25) is 4.79 Å². The summed E-state index contributed by atoms with van der Waals surface area (Å²) in [5, 5.41) is 3.26. The highest BCUT2D eigenvalue weighted by Gasteiger charge is 2.05. The molecule has 0 aliphatic heterocycles. The average molecular weight is 213 g/mol. The lowest BCUT2D eigenvalue weighted by Gasteiger charge is -2.07. The van der Waals surface area contributed by atoms with Gasteiger partial charge in [0.1, 0.15) is 0 Å². The third-order valence-electron chi connectivity index (χ3n) is 1.67. The molecule has 0 aliphatic carbocycles. The summed E-state index contributed by atoms with van der Waals surface area (Å²) in [4.78, 5) is 11.5. The highest BCUT2D eigenvalue weighted by molar-refractivity contribution is 6.30. The van der Waals surface area contributed by atoms with Crippen molar-refractivity contribution >= 4 is 17.5 Å². The van der Waals surface area contributed by atoms with Crippen molar-refractivity contribution in [1.29, 1.82) is 0 Å². The Morgan fingerprint density at radius 2 is 2.36 bits per heavy atom. The van der Waals surface area contributed by atoms with Crippen LogP contribution >= 0.6 is 11.6 Å². The van der Waals surface area contributed by atoms with Gasteiger partial charge in [-0.1, -0.05) is 17.7 Å². The summed E-state index contributed by atoms with van der Waals surface area (Å²) in [5.41, 5.74) is 6.06. The van der Waals surface area contributed by atoms with Crippen LogP contribution in [0.15, 0.2) is 24.3 Å². The number of rotatable bonds is 3. The number of carbonyl (C=O) groups excluding carboxylic acids is 1. The fraction of sp³-hybridized carbons (Fsp3) is 0.300. The van der Waals surface area contributed by atoms with Crippen molar-refractivity contribution in [2.24, 2.45) is 5.73 Å². The van der Waals surface area contributed by atoms with Crippen molar-refractivity contribution in [2.75, 3.05) is 6.54 Å². The van der Waals surface area contributed by atoms with Crippen LogP contribution in [0.5, 0.6) is 0 Å². The smallest absolute Gasteiger partial charge is 0.251 e. The number of hydrogen-bond donors (Lipinski definition) is 2. The van der Waals surface area contributed by atoms with E-state index >= 15 is 0 Å². The Kier molecular flexibility index (Phi) is 3.92. The van der Waals surface area contributed by atoms with Crippen LogP contribution in [0.2, 0.25) is 5.02 Å². The number of hydrogen-bond acceptors (Lipinski definition) is 2. The maximum atomic E-state index is 11.5. The molecule has 0 spiro atoms. The quantitative estimate of drug-likeness (QED) is 0.796. The van der Waals surface area contributed by atoms with Crippen LogP contribution in [-0.4, -0.2) is 18.5 Å². The first kappa shape index (κ1) is 11.0. The van der Waals surface area contributed by atoms with E-state index in [9.17, 15) is 4.79 Å². The molecule has 3 N–H and O–H groups in total. The molecule has 76 valence electrons. The van der Waals surface area contributed by atoms with Gasteiger partial charge in [0.05, 0.1) is 0 Å². The molecule has 4 heteroatoms. The monoisotopic (exact) mass is 212 g/mol. The van der Waals surface area contributed by atoms with Crippen LogP contribution < -0.4 is 11.1 Å². The van der Waals surface area contributed by atoms with Crippen LogP contribution in [0.4, 0.5) is 0 Å². The van der Waals surface area contributed by atoms with Gasteiger partial charge in [-0.15, -0.1) is 0 Å². The summed E-state index contributed by atoms with van der Waals surface area (Å²) in [6, 6.07) is 6.76. The summed E-state index contributed by atoms with van der Waals surface area (Å²) < 4.78 is 0. The zero-order valence-electron chi connectivity index (χ0n) is 7.96. The maximum Gasteiger partial charge on any atom is 0.251 e. The highest BCUT2D eigenvalue weighted by Crippen LogP contribution is 2.10. The summed E-state index contributed by atoms with van der Waals surface area (Å²) >= 11 is 5.75. The van der Waals surface area contributed by atoms with Crippen LogP contribution in [0.1, 0.15) is 17.3 Å². The Morgan fingerprint density at radius 3 is 2.93 bits per heavy atom. The Morgan fingerprint density at radius 1 is 1.64 bits per heavy atom. The van der Waals surface area contributed by atoms with Crippen molar-refractivity contribution in [2.45, 2.75) is 13.0 Å². The number of amides is 1. The van der Waals surface area contributed by atoms with Gasteiger partial charge in [-0.05, 0) is 25.1 Å². The molecule has 14 heavy (non-hydrogen) atoms. The number of carbonyl (C=O) groups is 1. The molecule has 3 nitrogen and oxygen atoms in total. The second kappa shape index (κ2) is 4.98. The largest absolute Gasteiger partial charge is 0.350 e. The van der Waals surface area contributed by atoms with E-state index in [0.717, 1.165) is 0 Å². The predicted molar refractivity (Wildman–Crippen MR) is 57.4 cm³/mol. The molecule has 0 bridgehead atoms. The van der Waals surface area contributed by atoms with Gasteiger partial charge < -0.3 is 11.1 Å². The van der Waals surface area contributed by atoms with E-state index < -0.39 is 0 Å².